The SMILES string of the molecule is Cc1c(CN=C2NC(=O)C(=O)N2)cnn1C. The van der Waals surface area contributed by atoms with Crippen LogP contribution in [0.15, 0.2) is 11.2 Å². The van der Waals surface area contributed by atoms with Crippen LogP contribution in [0.2, 0.25) is 0 Å². The molecule has 2 heterocycles. The van der Waals surface area contributed by atoms with Crippen LogP contribution in [0.3, 0.4) is 0 Å². The van der Waals surface area contributed by atoms with Crippen LogP contribution in [0.5, 0.6) is 0 Å². The number of hydrogen-bond donors (Lipinski definition) is 2. The number of carbonyl (C=O) groups is 2. The van der Waals surface area contributed by atoms with Gasteiger partial charge < -0.3 is 0 Å². The number of aromatic nitrogens is 2. The van der Waals surface area contributed by atoms with E-state index in [4.69, 9.17) is 0 Å². The fourth-order valence-corrected chi connectivity index (χ4v) is 1.30. The lowest BCUT2D eigenvalue weighted by Gasteiger charge is -1.98. The number of amides is 2. The molecule has 0 spiro atoms. The van der Waals surface area contributed by atoms with Crippen molar-refractivity contribution in [3.8, 4) is 0 Å². The lowest BCUT2D eigenvalue weighted by molar-refractivity contribution is -0.135. The lowest BCUT2D eigenvalue weighted by Crippen LogP contribution is -2.25. The number of rotatable bonds is 2. The molecule has 7 heteroatoms. The molecule has 0 saturated carbocycles. The van der Waals surface area contributed by atoms with Crippen molar-refractivity contribution < 1.29 is 9.59 Å². The van der Waals surface area contributed by atoms with Gasteiger partial charge in [0.2, 0.25) is 5.96 Å². The average Bonchev–Trinajstić information content (AvgIpc) is 2.72. The van der Waals surface area contributed by atoms with Gasteiger partial charge in [-0.2, -0.15) is 5.10 Å². The van der Waals surface area contributed by atoms with Crippen molar-refractivity contribution >= 4 is 17.8 Å². The van der Waals surface area contributed by atoms with Crippen molar-refractivity contribution in [1.29, 1.82) is 0 Å². The number of carbonyl (C=O) groups excluding carboxylic acids is 2. The summed E-state index contributed by atoms with van der Waals surface area (Å²) in [7, 11) is 1.84. The van der Waals surface area contributed by atoms with E-state index in [0.29, 0.717) is 6.54 Å². The molecule has 0 unspecified atom stereocenters. The summed E-state index contributed by atoms with van der Waals surface area (Å²) in [5.41, 5.74) is 1.95. The first-order valence-electron chi connectivity index (χ1n) is 4.72. The van der Waals surface area contributed by atoms with E-state index in [1.165, 1.54) is 0 Å². The molecule has 2 N–H and O–H groups in total. The summed E-state index contributed by atoms with van der Waals surface area (Å²) in [6, 6.07) is 0. The molecule has 0 radical (unpaired) electrons. The van der Waals surface area contributed by atoms with Gasteiger partial charge >= 0.3 is 11.8 Å². The van der Waals surface area contributed by atoms with Crippen molar-refractivity contribution in [3.63, 3.8) is 0 Å². The number of nitrogens with zero attached hydrogens (tertiary/aromatic N) is 3. The molecule has 1 aliphatic rings. The van der Waals surface area contributed by atoms with E-state index in [1.54, 1.807) is 10.9 Å². The zero-order chi connectivity index (χ0) is 11.7. The summed E-state index contributed by atoms with van der Waals surface area (Å²) < 4.78 is 1.74. The van der Waals surface area contributed by atoms with Gasteiger partial charge in [0.05, 0.1) is 12.7 Å². The first kappa shape index (κ1) is 10.3. The number of hydrogen-bond acceptors (Lipinski definition) is 4. The standard InChI is InChI=1S/C9H11N5O2/c1-5-6(4-11-14(5)2)3-10-9-12-7(15)8(16)13-9/h4H,3H2,1-2H3,(H2,10,12,13,15,16). The average molecular weight is 221 g/mol. The summed E-state index contributed by atoms with van der Waals surface area (Å²) in [6.45, 7) is 2.30. The first-order valence-corrected chi connectivity index (χ1v) is 4.72. The number of aliphatic imine (C=N–C) groups is 1. The molecule has 0 aromatic carbocycles. The maximum atomic E-state index is 10.8. The lowest BCUT2D eigenvalue weighted by atomic mass is 10.3. The second kappa shape index (κ2) is 3.76. The van der Waals surface area contributed by atoms with Gasteiger partial charge in [-0.15, -0.1) is 0 Å². The van der Waals surface area contributed by atoms with Gasteiger partial charge in [0, 0.05) is 18.3 Å². The van der Waals surface area contributed by atoms with Crippen LogP contribution in [-0.4, -0.2) is 27.6 Å². The topological polar surface area (TPSA) is 88.4 Å². The first-order chi connectivity index (χ1) is 7.58. The summed E-state index contributed by atoms with van der Waals surface area (Å²) >= 11 is 0. The number of aryl methyl sites for hydroxylation is 1. The molecule has 1 fully saturated rings. The second-order valence-electron chi connectivity index (χ2n) is 3.45. The zero-order valence-corrected chi connectivity index (χ0v) is 8.94. The highest BCUT2D eigenvalue weighted by atomic mass is 16.2. The van der Waals surface area contributed by atoms with Gasteiger partial charge in [0.1, 0.15) is 0 Å². The molecule has 1 aromatic heterocycles. The van der Waals surface area contributed by atoms with Crippen LogP contribution >= 0.6 is 0 Å². The third kappa shape index (κ3) is 1.79. The Morgan fingerprint density at radius 1 is 1.38 bits per heavy atom. The van der Waals surface area contributed by atoms with E-state index in [1.807, 2.05) is 14.0 Å². The van der Waals surface area contributed by atoms with Crippen LogP contribution < -0.4 is 10.6 Å². The van der Waals surface area contributed by atoms with Crippen molar-refractivity contribution in [2.45, 2.75) is 13.5 Å². The van der Waals surface area contributed by atoms with Gasteiger partial charge in [-0.1, -0.05) is 0 Å². The molecule has 1 aromatic rings. The Labute approximate surface area is 91.5 Å². The molecular weight excluding hydrogens is 210 g/mol. The van der Waals surface area contributed by atoms with Crippen LogP contribution in [-0.2, 0) is 23.2 Å². The smallest absolute Gasteiger partial charge is 0.288 e. The van der Waals surface area contributed by atoms with E-state index in [2.05, 4.69) is 20.7 Å². The van der Waals surface area contributed by atoms with E-state index < -0.39 is 11.8 Å². The minimum atomic E-state index is -0.679. The summed E-state index contributed by atoms with van der Waals surface area (Å²) in [5, 5.41) is 8.71. The Kier molecular flexibility index (Phi) is 2.43. The van der Waals surface area contributed by atoms with Crippen LogP contribution in [0.4, 0.5) is 0 Å². The predicted molar refractivity (Wildman–Crippen MR) is 55.4 cm³/mol. The summed E-state index contributed by atoms with van der Waals surface area (Å²) in [4.78, 5) is 25.8. The maximum Gasteiger partial charge on any atom is 0.316 e. The molecule has 0 atom stereocenters. The summed E-state index contributed by atoms with van der Waals surface area (Å²) in [5.74, 6) is -1.17. The van der Waals surface area contributed by atoms with Crippen molar-refractivity contribution in [1.82, 2.24) is 20.4 Å². The monoisotopic (exact) mass is 221 g/mol. The van der Waals surface area contributed by atoms with Gasteiger partial charge in [-0.3, -0.25) is 24.9 Å². The van der Waals surface area contributed by atoms with Gasteiger partial charge in [0.25, 0.3) is 0 Å². The Bertz CT molecular complexity index is 470. The van der Waals surface area contributed by atoms with Gasteiger partial charge in [-0.25, -0.2) is 4.99 Å². The molecule has 2 amide bonds. The normalized spacial score (nSPS) is 15.0. The van der Waals surface area contributed by atoms with Crippen molar-refractivity contribution in [2.75, 3.05) is 0 Å². The minimum absolute atomic E-state index is 0.193. The predicted octanol–water partition coefficient (Wildman–Crippen LogP) is -1.17. The maximum absolute atomic E-state index is 10.8. The molecule has 7 nitrogen and oxygen atoms in total. The highest BCUT2D eigenvalue weighted by Crippen LogP contribution is 2.06. The van der Waals surface area contributed by atoms with E-state index in [9.17, 15) is 9.59 Å². The van der Waals surface area contributed by atoms with Crippen LogP contribution in [0.25, 0.3) is 0 Å². The molecule has 0 aliphatic carbocycles. The van der Waals surface area contributed by atoms with E-state index in [-0.39, 0.29) is 5.96 Å². The van der Waals surface area contributed by atoms with E-state index >= 15 is 0 Å². The Morgan fingerprint density at radius 3 is 2.50 bits per heavy atom. The van der Waals surface area contributed by atoms with Crippen LogP contribution in [0.1, 0.15) is 11.3 Å². The largest absolute Gasteiger partial charge is 0.316 e. The van der Waals surface area contributed by atoms with Crippen molar-refractivity contribution in [3.05, 3.63) is 17.5 Å². The quantitative estimate of drug-likeness (QED) is 0.617. The molecule has 1 saturated heterocycles. The molecular formula is C9H11N5O2. The highest BCUT2D eigenvalue weighted by molar-refractivity contribution is 6.45. The molecule has 0 bridgehead atoms. The summed E-state index contributed by atoms with van der Waals surface area (Å²) in [6.07, 6.45) is 1.71. The Morgan fingerprint density at radius 2 is 2.00 bits per heavy atom. The zero-order valence-electron chi connectivity index (χ0n) is 8.94. The van der Waals surface area contributed by atoms with Crippen LogP contribution in [0, 0.1) is 6.92 Å². The molecule has 16 heavy (non-hydrogen) atoms. The van der Waals surface area contributed by atoms with Gasteiger partial charge in [-0.05, 0) is 6.92 Å². The Hall–Kier alpha value is -2.18. The fraction of sp³-hybridized carbons (Fsp3) is 0.333. The third-order valence-electron chi connectivity index (χ3n) is 2.41. The third-order valence-corrected chi connectivity index (χ3v) is 2.41. The molecule has 1 aliphatic heterocycles. The van der Waals surface area contributed by atoms with Crippen molar-refractivity contribution in [2.24, 2.45) is 12.0 Å². The number of guanidine groups is 1. The fourth-order valence-electron chi connectivity index (χ4n) is 1.30. The molecule has 2 rings (SSSR count). The highest BCUT2D eigenvalue weighted by Gasteiger charge is 2.24. The second-order valence-corrected chi connectivity index (χ2v) is 3.45. The van der Waals surface area contributed by atoms with Gasteiger partial charge in [0.15, 0.2) is 0 Å². The molecule has 84 valence electrons. The number of nitrogens with one attached hydrogen (secondary N) is 2. The van der Waals surface area contributed by atoms with E-state index in [0.717, 1.165) is 11.3 Å². The Balaban J connectivity index is 2.08. The minimum Gasteiger partial charge on any atom is -0.288 e.